The van der Waals surface area contributed by atoms with Crippen LogP contribution in [0.25, 0.3) is 0 Å². The van der Waals surface area contributed by atoms with E-state index >= 15 is 0 Å². The van der Waals surface area contributed by atoms with Gasteiger partial charge in [0, 0.05) is 12.6 Å². The first-order chi connectivity index (χ1) is 11.1. The number of hydrogen-bond acceptors (Lipinski definition) is 4. The van der Waals surface area contributed by atoms with Gasteiger partial charge in [-0.3, -0.25) is 4.79 Å². The fourth-order valence-corrected chi connectivity index (χ4v) is 4.59. The lowest BCUT2D eigenvalue weighted by molar-refractivity contribution is -0.127. The second kappa shape index (κ2) is 5.87. The molecule has 5 nitrogen and oxygen atoms in total. The highest BCUT2D eigenvalue weighted by molar-refractivity contribution is 6.32. The first-order valence-corrected chi connectivity index (χ1v) is 8.62. The lowest BCUT2D eigenvalue weighted by Crippen LogP contribution is -2.45. The minimum absolute atomic E-state index is 0.0117. The van der Waals surface area contributed by atoms with Crippen molar-refractivity contribution < 1.29 is 14.3 Å². The standard InChI is InChI=1S/C17H21ClN2O3/c18-12-5-9(6-13-16(12)23-4-3-22-13)8-20-17(21)14-10-1-2-11(7-10)15(14)19/h5-6,10-11,14-15H,1-4,7-8,19H2,(H,20,21). The Morgan fingerprint density at radius 2 is 2.04 bits per heavy atom. The molecule has 23 heavy (non-hydrogen) atoms. The van der Waals surface area contributed by atoms with Gasteiger partial charge in [-0.25, -0.2) is 0 Å². The Morgan fingerprint density at radius 3 is 2.83 bits per heavy atom. The summed E-state index contributed by atoms with van der Waals surface area (Å²) in [6.45, 7) is 1.44. The Hall–Kier alpha value is -1.46. The van der Waals surface area contributed by atoms with E-state index < -0.39 is 0 Å². The van der Waals surface area contributed by atoms with Crippen LogP contribution in [-0.4, -0.2) is 25.2 Å². The second-order valence-corrected chi connectivity index (χ2v) is 7.16. The van der Waals surface area contributed by atoms with Crippen molar-refractivity contribution in [1.29, 1.82) is 0 Å². The van der Waals surface area contributed by atoms with Crippen LogP contribution in [0.3, 0.4) is 0 Å². The summed E-state index contributed by atoms with van der Waals surface area (Å²) < 4.78 is 11.1. The van der Waals surface area contributed by atoms with Gasteiger partial charge in [0.15, 0.2) is 11.5 Å². The SMILES string of the molecule is NC1C2CCC(C2)C1C(=O)NCc1cc(Cl)c2c(c1)OCCO2. The maximum atomic E-state index is 12.5. The second-order valence-electron chi connectivity index (χ2n) is 6.76. The molecule has 0 spiro atoms. The number of rotatable bonds is 3. The highest BCUT2D eigenvalue weighted by atomic mass is 35.5. The number of carbonyl (C=O) groups is 1. The van der Waals surface area contributed by atoms with Crippen LogP contribution in [0.2, 0.25) is 5.02 Å². The average Bonchev–Trinajstić information content (AvgIpc) is 3.14. The molecule has 124 valence electrons. The predicted octanol–water partition coefficient (Wildman–Crippen LogP) is 2.10. The third-order valence-electron chi connectivity index (χ3n) is 5.41. The van der Waals surface area contributed by atoms with Gasteiger partial charge in [-0.1, -0.05) is 11.6 Å². The van der Waals surface area contributed by atoms with E-state index in [2.05, 4.69) is 5.32 Å². The highest BCUT2D eigenvalue weighted by Gasteiger charge is 2.48. The molecule has 2 aliphatic carbocycles. The van der Waals surface area contributed by atoms with Crippen LogP contribution in [0.5, 0.6) is 11.5 Å². The van der Waals surface area contributed by atoms with Crippen LogP contribution in [0.15, 0.2) is 12.1 Å². The number of halogens is 1. The lowest BCUT2D eigenvalue weighted by atomic mass is 9.84. The van der Waals surface area contributed by atoms with Crippen LogP contribution in [0.1, 0.15) is 24.8 Å². The molecule has 0 radical (unpaired) electrons. The maximum absolute atomic E-state index is 12.5. The Morgan fingerprint density at radius 1 is 1.26 bits per heavy atom. The summed E-state index contributed by atoms with van der Waals surface area (Å²) >= 11 is 6.23. The molecule has 1 aliphatic heterocycles. The fourth-order valence-electron chi connectivity index (χ4n) is 4.30. The van der Waals surface area contributed by atoms with E-state index in [9.17, 15) is 4.79 Å². The van der Waals surface area contributed by atoms with Crippen molar-refractivity contribution in [3.63, 3.8) is 0 Å². The largest absolute Gasteiger partial charge is 0.486 e. The van der Waals surface area contributed by atoms with Gasteiger partial charge in [-0.15, -0.1) is 0 Å². The van der Waals surface area contributed by atoms with E-state index in [0.717, 1.165) is 18.4 Å². The monoisotopic (exact) mass is 336 g/mol. The number of nitrogens with two attached hydrogens (primary N) is 1. The van der Waals surface area contributed by atoms with Gasteiger partial charge < -0.3 is 20.5 Å². The van der Waals surface area contributed by atoms with Crippen molar-refractivity contribution in [3.05, 3.63) is 22.7 Å². The Labute approximate surface area is 140 Å². The fraction of sp³-hybridized carbons (Fsp3) is 0.588. The quantitative estimate of drug-likeness (QED) is 0.886. The first-order valence-electron chi connectivity index (χ1n) is 8.25. The number of nitrogens with one attached hydrogen (secondary N) is 1. The predicted molar refractivity (Wildman–Crippen MR) is 86.6 cm³/mol. The zero-order chi connectivity index (χ0) is 16.0. The summed E-state index contributed by atoms with van der Waals surface area (Å²) in [5, 5.41) is 3.53. The van der Waals surface area contributed by atoms with Gasteiger partial charge >= 0.3 is 0 Å². The van der Waals surface area contributed by atoms with Crippen molar-refractivity contribution in [3.8, 4) is 11.5 Å². The number of hydrogen-bond donors (Lipinski definition) is 2. The van der Waals surface area contributed by atoms with Gasteiger partial charge in [0.25, 0.3) is 0 Å². The smallest absolute Gasteiger partial charge is 0.225 e. The van der Waals surface area contributed by atoms with Crippen LogP contribution in [0.4, 0.5) is 0 Å². The number of benzene rings is 1. The maximum Gasteiger partial charge on any atom is 0.225 e. The zero-order valence-electron chi connectivity index (χ0n) is 12.9. The molecular formula is C17H21ClN2O3. The molecule has 4 rings (SSSR count). The number of ether oxygens (including phenoxy) is 2. The van der Waals surface area contributed by atoms with E-state index in [1.54, 1.807) is 0 Å². The number of carbonyl (C=O) groups excluding carboxylic acids is 1. The first kappa shape index (κ1) is 15.1. The van der Waals surface area contributed by atoms with E-state index in [1.165, 1.54) is 6.42 Å². The molecule has 6 heteroatoms. The molecule has 3 N–H and O–H groups in total. The van der Waals surface area contributed by atoms with E-state index in [0.29, 0.717) is 48.1 Å². The molecule has 1 aromatic rings. The molecule has 4 unspecified atom stereocenters. The molecule has 2 saturated carbocycles. The Bertz CT molecular complexity index is 635. The average molecular weight is 337 g/mol. The van der Waals surface area contributed by atoms with E-state index in [4.69, 9.17) is 26.8 Å². The lowest BCUT2D eigenvalue weighted by Gasteiger charge is -2.27. The van der Waals surface area contributed by atoms with Crippen molar-refractivity contribution in [2.75, 3.05) is 13.2 Å². The zero-order valence-corrected chi connectivity index (χ0v) is 13.6. The van der Waals surface area contributed by atoms with Crippen molar-refractivity contribution >= 4 is 17.5 Å². The van der Waals surface area contributed by atoms with Crippen molar-refractivity contribution in [1.82, 2.24) is 5.32 Å². The van der Waals surface area contributed by atoms with Crippen LogP contribution in [0, 0.1) is 17.8 Å². The molecule has 0 aromatic heterocycles. The summed E-state index contributed by atoms with van der Waals surface area (Å²) in [6.07, 6.45) is 3.41. The molecule has 4 atom stereocenters. The molecular weight excluding hydrogens is 316 g/mol. The van der Waals surface area contributed by atoms with Gasteiger partial charge in [0.05, 0.1) is 10.9 Å². The summed E-state index contributed by atoms with van der Waals surface area (Å²) in [5.41, 5.74) is 7.14. The summed E-state index contributed by atoms with van der Waals surface area (Å²) in [7, 11) is 0. The van der Waals surface area contributed by atoms with E-state index in [-0.39, 0.29) is 17.9 Å². The minimum atomic E-state index is -0.0403. The molecule has 1 aromatic carbocycles. The summed E-state index contributed by atoms with van der Waals surface area (Å²) in [5.74, 6) is 2.24. The van der Waals surface area contributed by atoms with Crippen molar-refractivity contribution in [2.24, 2.45) is 23.5 Å². The summed E-state index contributed by atoms with van der Waals surface area (Å²) in [6, 6.07) is 3.70. The van der Waals surface area contributed by atoms with Crippen molar-refractivity contribution in [2.45, 2.75) is 31.8 Å². The normalized spacial score (nSPS) is 31.2. The summed E-state index contributed by atoms with van der Waals surface area (Å²) in [4.78, 5) is 12.5. The van der Waals surface area contributed by atoms with Crippen LogP contribution >= 0.6 is 11.6 Å². The highest BCUT2D eigenvalue weighted by Crippen LogP contribution is 2.47. The van der Waals surface area contributed by atoms with E-state index in [1.807, 2.05) is 12.1 Å². The Balaban J connectivity index is 1.43. The molecule has 1 heterocycles. The van der Waals surface area contributed by atoms with Gasteiger partial charge in [0.1, 0.15) is 13.2 Å². The van der Waals surface area contributed by atoms with Crippen LogP contribution < -0.4 is 20.5 Å². The molecule has 2 fully saturated rings. The van der Waals surface area contributed by atoms with Gasteiger partial charge in [0.2, 0.25) is 5.91 Å². The molecule has 0 saturated heterocycles. The van der Waals surface area contributed by atoms with Crippen LogP contribution in [-0.2, 0) is 11.3 Å². The number of amides is 1. The molecule has 1 amide bonds. The Kier molecular flexibility index (Phi) is 3.85. The molecule has 2 bridgehead atoms. The molecule has 3 aliphatic rings. The van der Waals surface area contributed by atoms with Gasteiger partial charge in [-0.2, -0.15) is 0 Å². The third-order valence-corrected chi connectivity index (χ3v) is 5.69. The minimum Gasteiger partial charge on any atom is -0.486 e. The topological polar surface area (TPSA) is 73.6 Å². The third kappa shape index (κ3) is 2.66. The number of fused-ring (bicyclic) bond motifs is 3. The van der Waals surface area contributed by atoms with Gasteiger partial charge in [-0.05, 0) is 48.8 Å².